The first-order valence-electron chi connectivity index (χ1n) is 10.4. The van der Waals surface area contributed by atoms with Crippen molar-refractivity contribution in [2.24, 2.45) is 5.10 Å². The second-order valence-corrected chi connectivity index (χ2v) is 8.79. The number of hydrogen-bond acceptors (Lipinski definition) is 9. The fourth-order valence-corrected chi connectivity index (χ4v) is 4.41. The Bertz CT molecular complexity index is 1370. The third-order valence-electron chi connectivity index (χ3n) is 4.69. The molecule has 3 aromatic rings. The van der Waals surface area contributed by atoms with Gasteiger partial charge in [-0.3, -0.25) is 25.0 Å². The van der Waals surface area contributed by atoms with Crippen molar-refractivity contribution in [2.45, 2.75) is 6.92 Å². The quantitative estimate of drug-likeness (QED) is 0.161. The summed E-state index contributed by atoms with van der Waals surface area (Å²) in [6, 6.07) is 11.0. The summed E-state index contributed by atoms with van der Waals surface area (Å²) in [6.07, 6.45) is 1.39. The van der Waals surface area contributed by atoms with E-state index < -0.39 is 27.1 Å². The zero-order valence-corrected chi connectivity index (χ0v) is 22.4. The number of non-ortho nitro benzene ring substituents is 1. The molecule has 0 saturated carbocycles. The fourth-order valence-electron chi connectivity index (χ4n) is 3.02. The SMILES string of the molecule is CCOc1ccc(C(=O)N/N=C/c2cc(Br)c(Oc3ccc([N+](=O)[O-])cc3[N+](=O)[O-])c(Br)c2)cc1OC. The van der Waals surface area contributed by atoms with E-state index in [1.807, 2.05) is 6.92 Å². The van der Waals surface area contributed by atoms with E-state index in [-0.39, 0.29) is 11.5 Å². The van der Waals surface area contributed by atoms with Gasteiger partial charge in [-0.25, -0.2) is 5.43 Å². The van der Waals surface area contributed by atoms with Crippen molar-refractivity contribution in [2.75, 3.05) is 13.7 Å². The van der Waals surface area contributed by atoms with Crippen molar-refractivity contribution in [3.63, 3.8) is 0 Å². The fraction of sp³-hybridized carbons (Fsp3) is 0.130. The van der Waals surface area contributed by atoms with Gasteiger partial charge in [-0.15, -0.1) is 0 Å². The number of ether oxygens (including phenoxy) is 3. The van der Waals surface area contributed by atoms with Gasteiger partial charge in [-0.05, 0) is 80.7 Å². The molecule has 0 aliphatic carbocycles. The summed E-state index contributed by atoms with van der Waals surface area (Å²) >= 11 is 6.68. The summed E-state index contributed by atoms with van der Waals surface area (Å²) in [6.45, 7) is 2.29. The average Bonchev–Trinajstić information content (AvgIpc) is 2.86. The Labute approximate surface area is 226 Å². The molecule has 1 N–H and O–H groups in total. The zero-order chi connectivity index (χ0) is 27.1. The molecule has 37 heavy (non-hydrogen) atoms. The predicted molar refractivity (Wildman–Crippen MR) is 141 cm³/mol. The number of nitrogens with one attached hydrogen (secondary N) is 1. The van der Waals surface area contributed by atoms with E-state index in [1.54, 1.807) is 24.3 Å². The summed E-state index contributed by atoms with van der Waals surface area (Å²) in [5.41, 5.74) is 2.28. The van der Waals surface area contributed by atoms with Gasteiger partial charge in [0.05, 0.1) is 44.8 Å². The lowest BCUT2D eigenvalue weighted by atomic mass is 10.2. The van der Waals surface area contributed by atoms with Gasteiger partial charge >= 0.3 is 5.69 Å². The van der Waals surface area contributed by atoms with Gasteiger partial charge in [-0.1, -0.05) is 0 Å². The summed E-state index contributed by atoms with van der Waals surface area (Å²) in [7, 11) is 1.47. The Kier molecular flexibility index (Phi) is 9.14. The van der Waals surface area contributed by atoms with Crippen LogP contribution in [0.5, 0.6) is 23.0 Å². The van der Waals surface area contributed by atoms with E-state index in [0.29, 0.717) is 38.2 Å². The van der Waals surface area contributed by atoms with Gasteiger partial charge in [0.25, 0.3) is 11.6 Å². The Morgan fingerprint density at radius 3 is 2.27 bits per heavy atom. The minimum atomic E-state index is -0.770. The van der Waals surface area contributed by atoms with E-state index in [2.05, 4.69) is 42.4 Å². The molecule has 1 amide bonds. The summed E-state index contributed by atoms with van der Waals surface area (Å²) in [4.78, 5) is 33.3. The molecule has 0 bridgehead atoms. The van der Waals surface area contributed by atoms with Crippen LogP contribution in [0.2, 0.25) is 0 Å². The lowest BCUT2D eigenvalue weighted by molar-refractivity contribution is -0.394. The molecule has 0 spiro atoms. The highest BCUT2D eigenvalue weighted by atomic mass is 79.9. The van der Waals surface area contributed by atoms with Crippen LogP contribution in [0.15, 0.2) is 62.6 Å². The molecule has 0 aliphatic heterocycles. The molecule has 0 saturated heterocycles. The number of hydrogen-bond donors (Lipinski definition) is 1. The van der Waals surface area contributed by atoms with Crippen molar-refractivity contribution in [3.8, 4) is 23.0 Å². The van der Waals surface area contributed by atoms with Crippen LogP contribution in [0.1, 0.15) is 22.8 Å². The van der Waals surface area contributed by atoms with Crippen LogP contribution in [0, 0.1) is 20.2 Å². The molecule has 3 rings (SSSR count). The molecule has 0 fully saturated rings. The van der Waals surface area contributed by atoms with Crippen LogP contribution in [0.3, 0.4) is 0 Å². The number of nitro benzene ring substituents is 2. The first kappa shape index (κ1) is 27.5. The van der Waals surface area contributed by atoms with Gasteiger partial charge in [0.1, 0.15) is 0 Å². The number of carbonyl (C=O) groups is 1. The maximum absolute atomic E-state index is 12.5. The number of nitro groups is 2. The number of methoxy groups -OCH3 is 1. The first-order valence-corrected chi connectivity index (χ1v) is 12.0. The zero-order valence-electron chi connectivity index (χ0n) is 19.3. The average molecular weight is 638 g/mol. The van der Waals surface area contributed by atoms with E-state index in [1.165, 1.54) is 19.4 Å². The molecule has 0 aliphatic rings. The van der Waals surface area contributed by atoms with Gasteiger partial charge in [0.15, 0.2) is 17.2 Å². The Hall–Kier alpha value is -4.04. The van der Waals surface area contributed by atoms with Gasteiger partial charge in [0.2, 0.25) is 5.75 Å². The van der Waals surface area contributed by atoms with E-state index in [9.17, 15) is 25.0 Å². The Morgan fingerprint density at radius 2 is 1.68 bits per heavy atom. The lowest BCUT2D eigenvalue weighted by Gasteiger charge is -2.11. The molecular formula is C23H18Br2N4O8. The minimum absolute atomic E-state index is 0.184. The van der Waals surface area contributed by atoms with Crippen molar-refractivity contribution in [1.29, 1.82) is 0 Å². The van der Waals surface area contributed by atoms with Gasteiger partial charge in [-0.2, -0.15) is 5.10 Å². The molecule has 0 atom stereocenters. The number of carbonyl (C=O) groups excluding carboxylic acids is 1. The van der Waals surface area contributed by atoms with Crippen LogP contribution in [-0.4, -0.2) is 35.7 Å². The van der Waals surface area contributed by atoms with E-state index >= 15 is 0 Å². The second-order valence-electron chi connectivity index (χ2n) is 7.08. The number of amides is 1. The normalized spacial score (nSPS) is 10.7. The summed E-state index contributed by atoms with van der Waals surface area (Å²) in [5.74, 6) is 0.466. The largest absolute Gasteiger partial charge is 0.493 e. The Morgan fingerprint density at radius 1 is 1.00 bits per heavy atom. The van der Waals surface area contributed by atoms with Crippen LogP contribution < -0.4 is 19.6 Å². The standard InChI is InChI=1S/C23H18Br2N4O8/c1-3-36-20-6-4-14(10-21(20)35-2)23(30)27-26-12-13-8-16(24)22(17(25)9-13)37-19-7-5-15(28(31)32)11-18(19)29(33)34/h4-12H,3H2,1-2H3,(H,27,30)/b26-12+. The van der Waals surface area contributed by atoms with Crippen LogP contribution in [-0.2, 0) is 0 Å². The lowest BCUT2D eigenvalue weighted by Crippen LogP contribution is -2.17. The van der Waals surface area contributed by atoms with E-state index in [0.717, 1.165) is 18.2 Å². The third kappa shape index (κ3) is 6.80. The molecule has 0 heterocycles. The monoisotopic (exact) mass is 636 g/mol. The van der Waals surface area contributed by atoms with Crippen LogP contribution >= 0.6 is 31.9 Å². The molecule has 192 valence electrons. The van der Waals surface area contributed by atoms with Crippen LogP contribution in [0.4, 0.5) is 11.4 Å². The number of rotatable bonds is 10. The number of hydrazone groups is 1. The summed E-state index contributed by atoms with van der Waals surface area (Å²) < 4.78 is 17.2. The molecule has 0 aromatic heterocycles. The maximum atomic E-state index is 12.5. The Balaban J connectivity index is 1.76. The van der Waals surface area contributed by atoms with Gasteiger partial charge < -0.3 is 14.2 Å². The highest BCUT2D eigenvalue weighted by Crippen LogP contribution is 2.41. The molecular weight excluding hydrogens is 620 g/mol. The molecule has 0 radical (unpaired) electrons. The smallest absolute Gasteiger partial charge is 0.318 e. The molecule has 3 aromatic carbocycles. The van der Waals surface area contributed by atoms with Crippen LogP contribution in [0.25, 0.3) is 0 Å². The van der Waals surface area contributed by atoms with E-state index in [4.69, 9.17) is 14.2 Å². The van der Waals surface area contributed by atoms with Crippen molar-refractivity contribution < 1.29 is 28.9 Å². The number of nitrogens with zero attached hydrogens (tertiary/aromatic N) is 3. The predicted octanol–water partition coefficient (Wildman–Crippen LogP) is 5.99. The molecule has 14 heteroatoms. The topological polar surface area (TPSA) is 155 Å². The highest BCUT2D eigenvalue weighted by molar-refractivity contribution is 9.11. The minimum Gasteiger partial charge on any atom is -0.493 e. The van der Waals surface area contributed by atoms with Gasteiger partial charge in [0, 0.05) is 11.6 Å². The first-order chi connectivity index (χ1) is 17.6. The molecule has 12 nitrogen and oxygen atoms in total. The van der Waals surface area contributed by atoms with Crippen molar-refractivity contribution in [1.82, 2.24) is 5.43 Å². The summed E-state index contributed by atoms with van der Waals surface area (Å²) in [5, 5.41) is 26.3. The van der Waals surface area contributed by atoms with Crippen molar-refractivity contribution >= 4 is 55.4 Å². The van der Waals surface area contributed by atoms with Crippen molar-refractivity contribution in [3.05, 3.63) is 88.8 Å². The molecule has 0 unspecified atom stereocenters. The second kappa shape index (κ2) is 12.3. The highest BCUT2D eigenvalue weighted by Gasteiger charge is 2.23. The third-order valence-corrected chi connectivity index (χ3v) is 5.87. The number of benzene rings is 3. The maximum Gasteiger partial charge on any atom is 0.318 e. The number of halogens is 2.